The van der Waals surface area contributed by atoms with Crippen molar-refractivity contribution >= 4 is 29.2 Å². The fraction of sp³-hybridized carbons (Fsp3) is 0.105. The second-order valence-corrected chi connectivity index (χ2v) is 5.42. The maximum Gasteiger partial charge on any atom is 0.297 e. The lowest BCUT2D eigenvalue weighted by molar-refractivity contribution is -0.111. The van der Waals surface area contributed by atoms with Gasteiger partial charge in [-0.05, 0) is 23.8 Å². The van der Waals surface area contributed by atoms with Crippen LogP contribution in [0.4, 0.5) is 5.69 Å². The van der Waals surface area contributed by atoms with Crippen LogP contribution < -0.4 is 4.90 Å². The first kappa shape index (κ1) is 14.9. The summed E-state index contributed by atoms with van der Waals surface area (Å²) in [6.07, 6.45) is 3.59. The molecule has 0 N–H and O–H groups in total. The van der Waals surface area contributed by atoms with Gasteiger partial charge in [0.15, 0.2) is 5.84 Å². The molecule has 0 saturated heterocycles. The van der Waals surface area contributed by atoms with E-state index in [9.17, 15) is 4.79 Å². The van der Waals surface area contributed by atoms with Crippen LogP contribution in [0.5, 0.6) is 0 Å². The molecule has 4 heteroatoms. The number of benzene rings is 2. The van der Waals surface area contributed by atoms with Gasteiger partial charge in [0, 0.05) is 25.3 Å². The zero-order chi connectivity index (χ0) is 16.2. The van der Waals surface area contributed by atoms with E-state index in [4.69, 9.17) is 0 Å². The Labute approximate surface area is 135 Å². The van der Waals surface area contributed by atoms with Crippen molar-refractivity contribution in [2.75, 3.05) is 19.0 Å². The van der Waals surface area contributed by atoms with Gasteiger partial charge in [0.2, 0.25) is 0 Å². The Hall–Kier alpha value is -3.01. The Morgan fingerprint density at radius 3 is 2.22 bits per heavy atom. The van der Waals surface area contributed by atoms with Gasteiger partial charge in [-0.3, -0.25) is 4.79 Å². The summed E-state index contributed by atoms with van der Waals surface area (Å²) in [4.78, 5) is 22.3. The van der Waals surface area contributed by atoms with Crippen molar-refractivity contribution in [2.45, 2.75) is 0 Å². The third kappa shape index (κ3) is 3.43. The van der Waals surface area contributed by atoms with Gasteiger partial charge in [-0.15, -0.1) is 0 Å². The molecule has 0 spiro atoms. The number of carbonyl (C=O) groups is 1. The van der Waals surface area contributed by atoms with E-state index in [1.54, 1.807) is 6.08 Å². The molecule has 0 saturated carbocycles. The summed E-state index contributed by atoms with van der Waals surface area (Å²) in [5.41, 5.74) is 3.35. The van der Waals surface area contributed by atoms with Crippen LogP contribution in [0.15, 0.2) is 70.7 Å². The van der Waals surface area contributed by atoms with Crippen LogP contribution in [0, 0.1) is 0 Å². The first-order valence-electron chi connectivity index (χ1n) is 7.36. The maximum atomic E-state index is 11.9. The molecular formula is C19H17N3O. The van der Waals surface area contributed by atoms with Crippen molar-refractivity contribution in [3.63, 3.8) is 0 Å². The number of rotatable bonds is 4. The number of amides is 1. The lowest BCUT2D eigenvalue weighted by Gasteiger charge is -2.11. The van der Waals surface area contributed by atoms with E-state index in [2.05, 4.69) is 9.98 Å². The van der Waals surface area contributed by atoms with Gasteiger partial charge >= 0.3 is 0 Å². The topological polar surface area (TPSA) is 45.0 Å². The van der Waals surface area contributed by atoms with Crippen LogP contribution in [-0.2, 0) is 4.79 Å². The van der Waals surface area contributed by atoms with E-state index >= 15 is 0 Å². The van der Waals surface area contributed by atoms with E-state index in [1.807, 2.05) is 79.7 Å². The van der Waals surface area contributed by atoms with Crippen molar-refractivity contribution in [1.29, 1.82) is 0 Å². The predicted molar refractivity (Wildman–Crippen MR) is 95.2 cm³/mol. The second kappa shape index (κ2) is 6.40. The minimum atomic E-state index is -0.301. The summed E-state index contributed by atoms with van der Waals surface area (Å²) < 4.78 is 0. The van der Waals surface area contributed by atoms with Gasteiger partial charge in [-0.1, -0.05) is 48.5 Å². The fourth-order valence-electron chi connectivity index (χ4n) is 2.22. The second-order valence-electron chi connectivity index (χ2n) is 5.42. The smallest absolute Gasteiger partial charge is 0.297 e. The van der Waals surface area contributed by atoms with Crippen LogP contribution in [0.2, 0.25) is 0 Å². The van der Waals surface area contributed by atoms with E-state index in [1.165, 1.54) is 0 Å². The van der Waals surface area contributed by atoms with Crippen LogP contribution in [0.1, 0.15) is 11.1 Å². The number of amidine groups is 1. The molecule has 2 aromatic rings. The average Bonchev–Trinajstić information content (AvgIpc) is 2.95. The molecule has 23 heavy (non-hydrogen) atoms. The lowest BCUT2D eigenvalue weighted by Crippen LogP contribution is -2.07. The predicted octanol–water partition coefficient (Wildman–Crippen LogP) is 3.19. The highest BCUT2D eigenvalue weighted by Gasteiger charge is 2.18. The molecule has 1 aliphatic heterocycles. The van der Waals surface area contributed by atoms with Crippen LogP contribution in [-0.4, -0.2) is 31.5 Å². The van der Waals surface area contributed by atoms with Crippen molar-refractivity contribution in [2.24, 2.45) is 9.98 Å². The van der Waals surface area contributed by atoms with Gasteiger partial charge in [0.05, 0.1) is 0 Å². The van der Waals surface area contributed by atoms with E-state index in [0.717, 1.165) is 16.8 Å². The Bertz CT molecular complexity index is 800. The van der Waals surface area contributed by atoms with Crippen molar-refractivity contribution in [3.05, 3.63) is 71.8 Å². The number of nitrogens with zero attached hydrogens (tertiary/aromatic N) is 3. The van der Waals surface area contributed by atoms with Gasteiger partial charge in [-0.25, -0.2) is 4.99 Å². The summed E-state index contributed by atoms with van der Waals surface area (Å²) in [5, 5.41) is 0. The number of hydrogen-bond donors (Lipinski definition) is 0. The molecule has 114 valence electrons. The van der Waals surface area contributed by atoms with Crippen molar-refractivity contribution < 1.29 is 4.79 Å². The zero-order valence-electron chi connectivity index (χ0n) is 13.1. The Kier molecular flexibility index (Phi) is 4.15. The molecule has 3 rings (SSSR count). The van der Waals surface area contributed by atoms with E-state index in [-0.39, 0.29) is 5.91 Å². The molecule has 1 amide bonds. The van der Waals surface area contributed by atoms with Gasteiger partial charge in [0.25, 0.3) is 5.91 Å². The van der Waals surface area contributed by atoms with E-state index in [0.29, 0.717) is 11.5 Å². The molecule has 0 bridgehead atoms. The Morgan fingerprint density at radius 1 is 0.870 bits per heavy atom. The standard InChI is InChI=1S/C19H17N3O/c1-22(2)16-11-8-14(9-12-16)10-13-17-19(23)21-18(20-17)15-6-4-3-5-7-15/h3-13H,1-2H3. The average molecular weight is 303 g/mol. The third-order valence-corrected chi connectivity index (χ3v) is 3.53. The molecule has 1 heterocycles. The number of hydrogen-bond acceptors (Lipinski definition) is 3. The molecular weight excluding hydrogens is 286 g/mol. The Morgan fingerprint density at radius 2 is 1.57 bits per heavy atom. The minimum Gasteiger partial charge on any atom is -0.378 e. The molecule has 0 unspecified atom stereocenters. The number of aliphatic imine (C=N–C) groups is 2. The van der Waals surface area contributed by atoms with Crippen LogP contribution in [0.3, 0.4) is 0 Å². The summed E-state index contributed by atoms with van der Waals surface area (Å²) >= 11 is 0. The SMILES string of the molecule is CN(C)c1ccc(C=CC2=NC(c3ccccc3)=NC2=O)cc1. The van der Waals surface area contributed by atoms with Crippen LogP contribution in [0.25, 0.3) is 6.08 Å². The third-order valence-electron chi connectivity index (χ3n) is 3.53. The van der Waals surface area contributed by atoms with Crippen molar-refractivity contribution in [3.8, 4) is 0 Å². The molecule has 0 aromatic heterocycles. The highest BCUT2D eigenvalue weighted by atomic mass is 16.1. The number of carbonyl (C=O) groups excluding carboxylic acids is 1. The maximum absolute atomic E-state index is 11.9. The van der Waals surface area contributed by atoms with E-state index < -0.39 is 0 Å². The minimum absolute atomic E-state index is 0.301. The molecule has 0 atom stereocenters. The summed E-state index contributed by atoms with van der Waals surface area (Å²) in [5.74, 6) is 0.170. The summed E-state index contributed by atoms with van der Waals surface area (Å²) in [6, 6.07) is 17.6. The summed E-state index contributed by atoms with van der Waals surface area (Å²) in [6.45, 7) is 0. The molecule has 4 nitrogen and oxygen atoms in total. The zero-order valence-corrected chi connectivity index (χ0v) is 13.1. The summed E-state index contributed by atoms with van der Waals surface area (Å²) in [7, 11) is 4.00. The van der Waals surface area contributed by atoms with Gasteiger partial charge in [-0.2, -0.15) is 4.99 Å². The van der Waals surface area contributed by atoms with Gasteiger partial charge in [0.1, 0.15) is 5.71 Å². The molecule has 0 radical (unpaired) electrons. The molecule has 2 aromatic carbocycles. The quantitative estimate of drug-likeness (QED) is 0.870. The number of anilines is 1. The monoisotopic (exact) mass is 303 g/mol. The molecule has 1 aliphatic rings. The first-order valence-corrected chi connectivity index (χ1v) is 7.36. The first-order chi connectivity index (χ1) is 11.1. The highest BCUT2D eigenvalue weighted by Crippen LogP contribution is 2.14. The van der Waals surface area contributed by atoms with Crippen molar-refractivity contribution in [1.82, 2.24) is 0 Å². The van der Waals surface area contributed by atoms with Crippen LogP contribution >= 0.6 is 0 Å². The normalized spacial score (nSPS) is 14.1. The Balaban J connectivity index is 1.77. The highest BCUT2D eigenvalue weighted by molar-refractivity contribution is 6.50. The largest absolute Gasteiger partial charge is 0.378 e. The lowest BCUT2D eigenvalue weighted by atomic mass is 10.1. The van der Waals surface area contributed by atoms with Gasteiger partial charge < -0.3 is 4.90 Å². The fourth-order valence-corrected chi connectivity index (χ4v) is 2.22. The molecule has 0 fully saturated rings. The molecule has 0 aliphatic carbocycles.